The molecule has 0 aliphatic carbocycles. The highest BCUT2D eigenvalue weighted by molar-refractivity contribution is 6.09. The van der Waals surface area contributed by atoms with Gasteiger partial charge in [-0.05, 0) is 116 Å². The van der Waals surface area contributed by atoms with E-state index in [2.05, 4.69) is 264 Å². The van der Waals surface area contributed by atoms with Gasteiger partial charge in [-0.25, -0.2) is 0 Å². The van der Waals surface area contributed by atoms with Gasteiger partial charge in [0.15, 0.2) is 0 Å². The zero-order valence-corrected chi connectivity index (χ0v) is 34.1. The maximum atomic E-state index is 2.37. The largest absolute Gasteiger partial charge is 0.311 e. The van der Waals surface area contributed by atoms with Crippen molar-refractivity contribution in [1.82, 2.24) is 4.57 Å². The molecule has 0 aliphatic heterocycles. The van der Waals surface area contributed by atoms with Gasteiger partial charge in [-0.3, -0.25) is 0 Å². The number of fused-ring (bicyclic) bond motifs is 3. The number of para-hydroxylation sites is 2. The highest BCUT2D eigenvalue weighted by Gasteiger charge is 2.15. The molecule has 62 heavy (non-hydrogen) atoms. The predicted molar refractivity (Wildman–Crippen MR) is 263 cm³/mol. The van der Waals surface area contributed by atoms with Gasteiger partial charge in [0.2, 0.25) is 0 Å². The highest BCUT2D eigenvalue weighted by atomic mass is 15.1. The quantitative estimate of drug-likeness (QED) is 0.141. The van der Waals surface area contributed by atoms with E-state index >= 15 is 0 Å². The normalized spacial score (nSPS) is 11.2. The number of hydrogen-bond donors (Lipinski definition) is 0. The summed E-state index contributed by atoms with van der Waals surface area (Å²) >= 11 is 0. The standard InChI is InChI=1S/C60H42N2/c1-3-11-43(12-4-1)45-19-23-47(24-20-45)49-27-35-53(36-28-49)61(54-37-29-50(30-38-54)48-25-21-46(22-26-48)44-13-5-2-6-14-44)55-39-31-51(32-40-55)52-33-41-56(42-34-52)62-59-17-9-7-15-57(59)58-16-8-10-18-60(58)62/h1-42H. The van der Waals surface area contributed by atoms with Gasteiger partial charge in [0.05, 0.1) is 11.0 Å². The molecule has 0 amide bonds. The van der Waals surface area contributed by atoms with E-state index < -0.39 is 0 Å². The highest BCUT2D eigenvalue weighted by Crippen LogP contribution is 2.39. The second-order valence-electron chi connectivity index (χ2n) is 15.8. The van der Waals surface area contributed by atoms with Crippen molar-refractivity contribution >= 4 is 38.9 Å². The van der Waals surface area contributed by atoms with Gasteiger partial charge in [-0.15, -0.1) is 0 Å². The first-order valence-electron chi connectivity index (χ1n) is 21.2. The molecule has 2 heteroatoms. The lowest BCUT2D eigenvalue weighted by atomic mass is 9.99. The molecule has 2 nitrogen and oxygen atoms in total. The van der Waals surface area contributed by atoms with Crippen LogP contribution in [-0.4, -0.2) is 4.57 Å². The van der Waals surface area contributed by atoms with Crippen molar-refractivity contribution in [3.05, 3.63) is 255 Å². The van der Waals surface area contributed by atoms with Gasteiger partial charge in [0.25, 0.3) is 0 Å². The SMILES string of the molecule is c1ccc(-c2ccc(-c3ccc(N(c4ccc(-c5ccc(-c6ccccc6)cc5)cc4)c4ccc(-c5ccc(-n6c7ccccc7c7ccccc76)cc5)cc4)cc3)cc2)cc1. The first-order chi connectivity index (χ1) is 30.7. The van der Waals surface area contributed by atoms with Crippen LogP contribution in [-0.2, 0) is 0 Å². The fraction of sp³-hybridized carbons (Fsp3) is 0. The maximum absolute atomic E-state index is 2.37. The summed E-state index contributed by atoms with van der Waals surface area (Å²) in [7, 11) is 0. The van der Waals surface area contributed by atoms with Crippen LogP contribution in [0.2, 0.25) is 0 Å². The van der Waals surface area contributed by atoms with Gasteiger partial charge >= 0.3 is 0 Å². The first-order valence-corrected chi connectivity index (χ1v) is 21.2. The monoisotopic (exact) mass is 790 g/mol. The van der Waals surface area contributed by atoms with Crippen molar-refractivity contribution in [2.24, 2.45) is 0 Å². The number of aromatic nitrogens is 1. The molecular formula is C60H42N2. The van der Waals surface area contributed by atoms with E-state index in [4.69, 9.17) is 0 Å². The van der Waals surface area contributed by atoms with Crippen molar-refractivity contribution in [2.45, 2.75) is 0 Å². The lowest BCUT2D eigenvalue weighted by molar-refractivity contribution is 1.18. The lowest BCUT2D eigenvalue weighted by Crippen LogP contribution is -2.09. The summed E-state index contributed by atoms with van der Waals surface area (Å²) in [5.74, 6) is 0. The van der Waals surface area contributed by atoms with Gasteiger partial charge in [0, 0.05) is 33.5 Å². The lowest BCUT2D eigenvalue weighted by Gasteiger charge is -2.26. The van der Waals surface area contributed by atoms with Crippen LogP contribution in [0.5, 0.6) is 0 Å². The van der Waals surface area contributed by atoms with E-state index in [9.17, 15) is 0 Å². The average molecular weight is 791 g/mol. The minimum atomic E-state index is 1.09. The third-order valence-electron chi connectivity index (χ3n) is 12.1. The summed E-state index contributed by atoms with van der Waals surface area (Å²) in [6, 6.07) is 91.9. The minimum absolute atomic E-state index is 1.09. The molecule has 0 bridgehead atoms. The molecule has 11 rings (SSSR count). The Labute approximate surface area is 362 Å². The number of hydrogen-bond acceptors (Lipinski definition) is 1. The molecule has 292 valence electrons. The Hall–Kier alpha value is -8.20. The third kappa shape index (κ3) is 7.04. The van der Waals surface area contributed by atoms with Crippen LogP contribution in [0.15, 0.2) is 255 Å². The Balaban J connectivity index is 0.905. The fourth-order valence-electron chi connectivity index (χ4n) is 8.83. The topological polar surface area (TPSA) is 8.17 Å². The molecule has 1 heterocycles. The Bertz CT molecular complexity index is 3080. The molecule has 1 aromatic heterocycles. The summed E-state index contributed by atoms with van der Waals surface area (Å²) < 4.78 is 2.37. The van der Waals surface area contributed by atoms with Crippen LogP contribution >= 0.6 is 0 Å². The van der Waals surface area contributed by atoms with E-state index in [1.165, 1.54) is 77.4 Å². The van der Waals surface area contributed by atoms with Gasteiger partial charge in [-0.1, -0.05) is 194 Å². The Morgan fingerprint density at radius 2 is 0.452 bits per heavy atom. The summed E-state index contributed by atoms with van der Waals surface area (Å²) in [5, 5.41) is 2.54. The second kappa shape index (κ2) is 16.1. The van der Waals surface area contributed by atoms with E-state index in [0.29, 0.717) is 0 Å². The van der Waals surface area contributed by atoms with Gasteiger partial charge in [-0.2, -0.15) is 0 Å². The van der Waals surface area contributed by atoms with Gasteiger partial charge < -0.3 is 9.47 Å². The molecular weight excluding hydrogens is 749 g/mol. The van der Waals surface area contributed by atoms with Gasteiger partial charge in [0.1, 0.15) is 0 Å². The molecule has 0 spiro atoms. The molecule has 10 aromatic carbocycles. The Morgan fingerprint density at radius 1 is 0.210 bits per heavy atom. The van der Waals surface area contributed by atoms with Crippen molar-refractivity contribution in [3.8, 4) is 61.3 Å². The minimum Gasteiger partial charge on any atom is -0.311 e. The molecule has 0 saturated carbocycles. The summed E-state index contributed by atoms with van der Waals surface area (Å²) in [6.45, 7) is 0. The maximum Gasteiger partial charge on any atom is 0.0541 e. The van der Waals surface area contributed by atoms with Crippen LogP contribution in [0, 0.1) is 0 Å². The first kappa shape index (κ1) is 36.8. The van der Waals surface area contributed by atoms with Crippen LogP contribution in [0.4, 0.5) is 17.1 Å². The van der Waals surface area contributed by atoms with E-state index in [1.807, 2.05) is 0 Å². The molecule has 11 aromatic rings. The number of anilines is 3. The number of benzene rings is 10. The summed E-state index contributed by atoms with van der Waals surface area (Å²) in [5.41, 5.74) is 18.9. The molecule has 0 fully saturated rings. The Morgan fingerprint density at radius 3 is 0.774 bits per heavy atom. The van der Waals surface area contributed by atoms with E-state index in [0.717, 1.165) is 22.7 Å². The summed E-state index contributed by atoms with van der Waals surface area (Å²) in [6.07, 6.45) is 0. The Kier molecular flexibility index (Phi) is 9.57. The zero-order valence-electron chi connectivity index (χ0n) is 34.1. The molecule has 0 radical (unpaired) electrons. The third-order valence-corrected chi connectivity index (χ3v) is 12.1. The van der Waals surface area contributed by atoms with Crippen LogP contribution in [0.1, 0.15) is 0 Å². The number of rotatable bonds is 9. The van der Waals surface area contributed by atoms with Crippen LogP contribution in [0.3, 0.4) is 0 Å². The van der Waals surface area contributed by atoms with Crippen molar-refractivity contribution < 1.29 is 0 Å². The average Bonchev–Trinajstić information content (AvgIpc) is 3.70. The molecule has 0 aliphatic rings. The summed E-state index contributed by atoms with van der Waals surface area (Å²) in [4.78, 5) is 2.35. The van der Waals surface area contributed by atoms with Crippen LogP contribution < -0.4 is 4.90 Å². The molecule has 0 unspecified atom stereocenters. The zero-order chi connectivity index (χ0) is 41.2. The van der Waals surface area contributed by atoms with Crippen molar-refractivity contribution in [2.75, 3.05) is 4.90 Å². The second-order valence-corrected chi connectivity index (χ2v) is 15.8. The van der Waals surface area contributed by atoms with Crippen molar-refractivity contribution in [1.29, 1.82) is 0 Å². The molecule has 0 N–H and O–H groups in total. The fourth-order valence-corrected chi connectivity index (χ4v) is 8.83. The predicted octanol–water partition coefficient (Wildman–Crippen LogP) is 16.6. The van der Waals surface area contributed by atoms with E-state index in [1.54, 1.807) is 0 Å². The van der Waals surface area contributed by atoms with E-state index in [-0.39, 0.29) is 0 Å². The smallest absolute Gasteiger partial charge is 0.0541 e. The number of nitrogens with zero attached hydrogens (tertiary/aromatic N) is 2. The molecule has 0 saturated heterocycles. The van der Waals surface area contributed by atoms with Crippen LogP contribution in [0.25, 0.3) is 83.1 Å². The molecule has 0 atom stereocenters. The van der Waals surface area contributed by atoms with Crippen molar-refractivity contribution in [3.63, 3.8) is 0 Å².